The minimum absolute atomic E-state index is 0.392. The summed E-state index contributed by atoms with van der Waals surface area (Å²) in [5.41, 5.74) is 7.16. The number of nitrogens with zero attached hydrogens (tertiary/aromatic N) is 2. The molecule has 0 aliphatic rings. The molecule has 0 bridgehead atoms. The van der Waals surface area contributed by atoms with Crippen LogP contribution in [0.3, 0.4) is 0 Å². The number of anilines is 1. The molecule has 1 aromatic heterocycles. The maximum absolute atomic E-state index is 6.13. The van der Waals surface area contributed by atoms with E-state index in [1.807, 2.05) is 6.08 Å². The lowest BCUT2D eigenvalue weighted by atomic mass is 10.1. The van der Waals surface area contributed by atoms with Crippen LogP contribution in [0.2, 0.25) is 0 Å². The van der Waals surface area contributed by atoms with Crippen molar-refractivity contribution in [2.24, 2.45) is 5.92 Å². The Labute approximate surface area is 98.4 Å². The molecule has 0 atom stereocenters. The molecule has 0 aliphatic heterocycles. The second kappa shape index (κ2) is 5.19. The van der Waals surface area contributed by atoms with Crippen LogP contribution in [-0.2, 0) is 13.0 Å². The van der Waals surface area contributed by atoms with Crippen LogP contribution in [0, 0.1) is 5.92 Å². The van der Waals surface area contributed by atoms with Crippen molar-refractivity contribution in [3.8, 4) is 0 Å². The van der Waals surface area contributed by atoms with Gasteiger partial charge in [0.05, 0.1) is 5.69 Å². The van der Waals surface area contributed by atoms with Gasteiger partial charge in [0.15, 0.2) is 0 Å². The van der Waals surface area contributed by atoms with Crippen molar-refractivity contribution in [2.75, 3.05) is 5.73 Å². The van der Waals surface area contributed by atoms with Crippen molar-refractivity contribution < 1.29 is 0 Å². The molecule has 3 nitrogen and oxygen atoms in total. The topological polar surface area (TPSA) is 43.8 Å². The Morgan fingerprint density at radius 3 is 2.44 bits per heavy atom. The first-order valence-corrected chi connectivity index (χ1v) is 5.93. The monoisotopic (exact) mass is 221 g/mol. The van der Waals surface area contributed by atoms with E-state index in [2.05, 4.69) is 43.8 Å². The number of hydrogen-bond donors (Lipinski definition) is 1. The number of aromatic nitrogens is 2. The van der Waals surface area contributed by atoms with Gasteiger partial charge in [-0.1, -0.05) is 33.8 Å². The van der Waals surface area contributed by atoms with Crippen molar-refractivity contribution in [2.45, 2.75) is 46.6 Å². The summed E-state index contributed by atoms with van der Waals surface area (Å²) in [6.07, 6.45) is 2.80. The first-order valence-electron chi connectivity index (χ1n) is 5.93. The van der Waals surface area contributed by atoms with Gasteiger partial charge in [-0.15, -0.1) is 6.58 Å². The lowest BCUT2D eigenvalue weighted by Crippen LogP contribution is -2.07. The Bertz CT molecular complexity index is 361. The zero-order chi connectivity index (χ0) is 12.3. The molecular formula is C13H23N3. The lowest BCUT2D eigenvalue weighted by molar-refractivity contribution is 0.635. The number of hydrogen-bond acceptors (Lipinski definition) is 2. The van der Waals surface area contributed by atoms with E-state index >= 15 is 0 Å². The van der Waals surface area contributed by atoms with Crippen LogP contribution in [0.25, 0.3) is 0 Å². The van der Waals surface area contributed by atoms with Crippen molar-refractivity contribution in [3.05, 3.63) is 24.2 Å². The van der Waals surface area contributed by atoms with Crippen LogP contribution in [0.4, 0.5) is 5.82 Å². The fourth-order valence-corrected chi connectivity index (χ4v) is 1.83. The van der Waals surface area contributed by atoms with Crippen LogP contribution in [0.1, 0.15) is 45.1 Å². The summed E-state index contributed by atoms with van der Waals surface area (Å²) >= 11 is 0. The fraction of sp³-hybridized carbons (Fsp3) is 0.615. The molecule has 0 aromatic carbocycles. The van der Waals surface area contributed by atoms with Crippen molar-refractivity contribution in [1.29, 1.82) is 0 Å². The quantitative estimate of drug-likeness (QED) is 0.777. The second-order valence-electron chi connectivity index (χ2n) is 4.95. The molecule has 16 heavy (non-hydrogen) atoms. The van der Waals surface area contributed by atoms with Gasteiger partial charge in [0, 0.05) is 12.5 Å². The molecule has 1 rings (SSSR count). The average Bonchev–Trinajstić information content (AvgIpc) is 2.46. The summed E-state index contributed by atoms with van der Waals surface area (Å²) in [5, 5.41) is 0. The molecule has 0 amide bonds. The minimum atomic E-state index is 0.392. The minimum Gasteiger partial charge on any atom is -0.384 e. The van der Waals surface area contributed by atoms with Gasteiger partial charge in [0.1, 0.15) is 11.6 Å². The van der Waals surface area contributed by atoms with E-state index in [4.69, 9.17) is 5.73 Å². The van der Waals surface area contributed by atoms with E-state index in [0.29, 0.717) is 11.8 Å². The maximum atomic E-state index is 6.13. The van der Waals surface area contributed by atoms with E-state index in [1.54, 1.807) is 0 Å². The number of nitrogen functional groups attached to an aromatic ring is 1. The molecule has 3 heteroatoms. The highest BCUT2D eigenvalue weighted by Gasteiger charge is 2.16. The molecule has 0 aliphatic carbocycles. The summed E-state index contributed by atoms with van der Waals surface area (Å²) in [6.45, 7) is 13.1. The Morgan fingerprint density at radius 1 is 1.38 bits per heavy atom. The van der Waals surface area contributed by atoms with Crippen molar-refractivity contribution >= 4 is 5.82 Å². The van der Waals surface area contributed by atoms with E-state index in [1.165, 1.54) is 0 Å². The molecule has 0 fully saturated rings. The van der Waals surface area contributed by atoms with Gasteiger partial charge in [0.2, 0.25) is 0 Å². The standard InChI is InChI=1S/C13H23N3/c1-6-7-16-12(14)11(8-9(2)3)15-13(16)10(4)5/h6,9-10H,1,7-8,14H2,2-5H3. The van der Waals surface area contributed by atoms with Gasteiger partial charge in [-0.3, -0.25) is 0 Å². The highest BCUT2D eigenvalue weighted by molar-refractivity contribution is 5.39. The second-order valence-corrected chi connectivity index (χ2v) is 4.95. The summed E-state index contributed by atoms with van der Waals surface area (Å²) in [5.74, 6) is 2.84. The molecule has 1 aromatic rings. The van der Waals surface area contributed by atoms with Gasteiger partial charge in [-0.05, 0) is 12.3 Å². The molecule has 2 N–H and O–H groups in total. The predicted octanol–water partition coefficient (Wildman–Crippen LogP) is 2.97. The van der Waals surface area contributed by atoms with Crippen LogP contribution >= 0.6 is 0 Å². The lowest BCUT2D eigenvalue weighted by Gasteiger charge is -2.09. The third-order valence-corrected chi connectivity index (χ3v) is 2.54. The van der Waals surface area contributed by atoms with E-state index in [-0.39, 0.29) is 0 Å². The number of imidazole rings is 1. The Kier molecular flexibility index (Phi) is 4.16. The Morgan fingerprint density at radius 2 is 2.00 bits per heavy atom. The molecule has 0 saturated carbocycles. The molecular weight excluding hydrogens is 198 g/mol. The summed E-state index contributed by atoms with van der Waals surface area (Å²) in [6, 6.07) is 0. The number of nitrogens with two attached hydrogens (primary N) is 1. The zero-order valence-electron chi connectivity index (χ0n) is 10.8. The maximum Gasteiger partial charge on any atom is 0.127 e. The van der Waals surface area contributed by atoms with Crippen LogP contribution in [0.5, 0.6) is 0 Å². The summed E-state index contributed by atoms with van der Waals surface area (Å²) in [4.78, 5) is 4.66. The van der Waals surface area contributed by atoms with Crippen molar-refractivity contribution in [1.82, 2.24) is 9.55 Å². The first kappa shape index (κ1) is 12.8. The van der Waals surface area contributed by atoms with Crippen LogP contribution in [-0.4, -0.2) is 9.55 Å². The van der Waals surface area contributed by atoms with E-state index < -0.39 is 0 Å². The highest BCUT2D eigenvalue weighted by Crippen LogP contribution is 2.23. The van der Waals surface area contributed by atoms with Crippen LogP contribution in [0.15, 0.2) is 12.7 Å². The molecule has 90 valence electrons. The smallest absolute Gasteiger partial charge is 0.127 e. The number of rotatable bonds is 5. The van der Waals surface area contributed by atoms with Crippen LogP contribution < -0.4 is 5.73 Å². The average molecular weight is 221 g/mol. The van der Waals surface area contributed by atoms with Gasteiger partial charge < -0.3 is 10.3 Å². The molecule has 0 spiro atoms. The molecule has 0 radical (unpaired) electrons. The highest BCUT2D eigenvalue weighted by atomic mass is 15.1. The van der Waals surface area contributed by atoms with Gasteiger partial charge in [-0.25, -0.2) is 4.98 Å². The van der Waals surface area contributed by atoms with Gasteiger partial charge in [0.25, 0.3) is 0 Å². The molecule has 0 unspecified atom stereocenters. The SMILES string of the molecule is C=CCn1c(C(C)C)nc(CC(C)C)c1N. The number of allylic oxidation sites excluding steroid dienone is 1. The molecule has 0 saturated heterocycles. The third kappa shape index (κ3) is 2.65. The first-order chi connectivity index (χ1) is 7.47. The Hall–Kier alpha value is -1.25. The van der Waals surface area contributed by atoms with Gasteiger partial charge >= 0.3 is 0 Å². The Balaban J connectivity index is 3.12. The normalized spacial score (nSPS) is 11.4. The van der Waals surface area contributed by atoms with Gasteiger partial charge in [-0.2, -0.15) is 0 Å². The molecule has 1 heterocycles. The summed E-state index contributed by atoms with van der Waals surface area (Å²) in [7, 11) is 0. The largest absolute Gasteiger partial charge is 0.384 e. The van der Waals surface area contributed by atoms with E-state index in [9.17, 15) is 0 Å². The summed E-state index contributed by atoms with van der Waals surface area (Å²) < 4.78 is 2.06. The predicted molar refractivity (Wildman–Crippen MR) is 69.5 cm³/mol. The van der Waals surface area contributed by atoms with E-state index in [0.717, 1.165) is 30.3 Å². The fourth-order valence-electron chi connectivity index (χ4n) is 1.83. The van der Waals surface area contributed by atoms with Crippen molar-refractivity contribution in [3.63, 3.8) is 0 Å². The zero-order valence-corrected chi connectivity index (χ0v) is 10.8. The third-order valence-electron chi connectivity index (χ3n) is 2.54.